The maximum atomic E-state index is 11.9. The number of nitrogens with zero attached hydrogens (tertiary/aromatic N) is 2. The van der Waals surface area contributed by atoms with E-state index in [1.807, 2.05) is 0 Å². The van der Waals surface area contributed by atoms with E-state index in [-0.39, 0.29) is 23.9 Å². The molecular weight excluding hydrogens is 276 g/mol. The number of aliphatic hydroxyl groups excluding tert-OH is 1. The summed E-state index contributed by atoms with van der Waals surface area (Å²) in [7, 11) is 0. The van der Waals surface area contributed by atoms with E-state index in [4.69, 9.17) is 5.11 Å². The largest absolute Gasteiger partial charge is 0.384 e. The highest BCUT2D eigenvalue weighted by atomic mass is 16.6. The maximum Gasteiger partial charge on any atom is 0.321 e. The van der Waals surface area contributed by atoms with Gasteiger partial charge in [-0.25, -0.2) is 9.97 Å². The highest BCUT2D eigenvalue weighted by Gasteiger charge is 2.15. The number of carbonyl (C=O) groups is 1. The zero-order valence-electron chi connectivity index (χ0n) is 10.7. The fourth-order valence-corrected chi connectivity index (χ4v) is 1.52. The maximum absolute atomic E-state index is 11.9. The van der Waals surface area contributed by atoms with Gasteiger partial charge in [-0.05, 0) is 23.1 Å². The van der Waals surface area contributed by atoms with Crippen molar-refractivity contribution in [2.24, 2.45) is 0 Å². The lowest BCUT2D eigenvalue weighted by Crippen LogP contribution is -2.13. The number of hydrogen-bond acceptors (Lipinski definition) is 5. The lowest BCUT2D eigenvalue weighted by atomic mass is 10.2. The van der Waals surface area contributed by atoms with E-state index in [0.29, 0.717) is 5.56 Å². The monoisotopic (exact) mass is 286 g/mol. The zero-order chi connectivity index (χ0) is 15.2. The van der Waals surface area contributed by atoms with Crippen LogP contribution in [0.15, 0.2) is 30.5 Å². The third-order valence-corrected chi connectivity index (χ3v) is 2.43. The van der Waals surface area contributed by atoms with Crippen LogP contribution in [0.5, 0.6) is 0 Å². The molecule has 1 amide bonds. The molecule has 0 aliphatic carbocycles. The Morgan fingerprint density at radius 1 is 1.48 bits per heavy atom. The normalized spacial score (nSPS) is 9.57. The van der Waals surface area contributed by atoms with Gasteiger partial charge in [0.15, 0.2) is 5.69 Å². The van der Waals surface area contributed by atoms with E-state index in [9.17, 15) is 14.9 Å². The van der Waals surface area contributed by atoms with Crippen molar-refractivity contribution in [3.05, 3.63) is 51.8 Å². The van der Waals surface area contributed by atoms with Crippen molar-refractivity contribution in [2.45, 2.75) is 0 Å². The number of carbonyl (C=O) groups excluding carboxylic acids is 1. The lowest BCUT2D eigenvalue weighted by molar-refractivity contribution is -0.389. The molecule has 0 saturated heterocycles. The van der Waals surface area contributed by atoms with Crippen molar-refractivity contribution in [3.63, 3.8) is 0 Å². The molecule has 0 spiro atoms. The molecule has 8 heteroatoms. The molecule has 0 aliphatic rings. The minimum absolute atomic E-state index is 0.0512. The van der Waals surface area contributed by atoms with Gasteiger partial charge in [0, 0.05) is 17.8 Å². The van der Waals surface area contributed by atoms with E-state index in [1.165, 1.54) is 24.4 Å². The van der Waals surface area contributed by atoms with Crippen LogP contribution in [0.2, 0.25) is 0 Å². The summed E-state index contributed by atoms with van der Waals surface area (Å²) >= 11 is 0. The highest BCUT2D eigenvalue weighted by Crippen LogP contribution is 2.12. The quantitative estimate of drug-likeness (QED) is 0.440. The third kappa shape index (κ3) is 3.65. The van der Waals surface area contributed by atoms with Crippen LogP contribution in [0.3, 0.4) is 0 Å². The molecule has 0 saturated carbocycles. The summed E-state index contributed by atoms with van der Waals surface area (Å²) in [5.41, 5.74) is 0.627. The Hall–Kier alpha value is -3.18. The van der Waals surface area contributed by atoms with E-state index in [1.54, 1.807) is 6.07 Å². The number of pyridine rings is 1. The molecule has 0 unspecified atom stereocenters. The Morgan fingerprint density at radius 2 is 2.29 bits per heavy atom. The minimum atomic E-state index is -0.625. The molecule has 2 rings (SSSR count). The summed E-state index contributed by atoms with van der Waals surface area (Å²) in [5, 5.41) is 21.6. The topological polar surface area (TPSA) is 121 Å². The molecule has 106 valence electrons. The van der Waals surface area contributed by atoms with Gasteiger partial charge in [0.05, 0.1) is 0 Å². The van der Waals surface area contributed by atoms with Crippen LogP contribution < -0.4 is 5.32 Å². The van der Waals surface area contributed by atoms with Crippen molar-refractivity contribution in [1.82, 2.24) is 9.97 Å². The molecule has 0 fully saturated rings. The lowest BCUT2D eigenvalue weighted by Gasteiger charge is -2.01. The van der Waals surface area contributed by atoms with Crippen molar-refractivity contribution in [2.75, 3.05) is 11.9 Å². The van der Waals surface area contributed by atoms with Gasteiger partial charge in [0.2, 0.25) is 0 Å². The fraction of sp³-hybridized carbons (Fsp3) is 0.0769. The number of rotatable bonds is 3. The molecule has 2 aromatic rings. The Kier molecular flexibility index (Phi) is 4.28. The van der Waals surface area contributed by atoms with Crippen LogP contribution in [0, 0.1) is 22.0 Å². The predicted octanol–water partition coefficient (Wildman–Crippen LogP) is 0.914. The third-order valence-electron chi connectivity index (χ3n) is 2.43. The number of amides is 1. The average Bonchev–Trinajstić information content (AvgIpc) is 2.95. The molecule has 8 nitrogen and oxygen atoms in total. The molecule has 2 heterocycles. The van der Waals surface area contributed by atoms with E-state index in [2.05, 4.69) is 27.1 Å². The molecule has 21 heavy (non-hydrogen) atoms. The average molecular weight is 286 g/mol. The van der Waals surface area contributed by atoms with Crippen LogP contribution in [-0.4, -0.2) is 32.5 Å². The summed E-state index contributed by atoms with van der Waals surface area (Å²) < 4.78 is 0. The van der Waals surface area contributed by atoms with Crippen molar-refractivity contribution < 1.29 is 14.8 Å². The number of hydrogen-bond donors (Lipinski definition) is 3. The molecule has 0 radical (unpaired) electrons. The molecule has 2 aromatic heterocycles. The smallest absolute Gasteiger partial charge is 0.321 e. The first kappa shape index (κ1) is 14.2. The van der Waals surface area contributed by atoms with Crippen molar-refractivity contribution in [1.29, 1.82) is 0 Å². The van der Waals surface area contributed by atoms with Gasteiger partial charge in [0.25, 0.3) is 5.91 Å². The predicted molar refractivity (Wildman–Crippen MR) is 73.6 cm³/mol. The zero-order valence-corrected chi connectivity index (χ0v) is 10.7. The van der Waals surface area contributed by atoms with Crippen LogP contribution in [0.25, 0.3) is 0 Å². The van der Waals surface area contributed by atoms with Gasteiger partial charge in [-0.1, -0.05) is 11.8 Å². The molecule has 0 aromatic carbocycles. The van der Waals surface area contributed by atoms with E-state index < -0.39 is 10.8 Å². The summed E-state index contributed by atoms with van der Waals surface area (Å²) in [5.74, 6) is 4.59. The number of anilines is 1. The number of H-pyrrole nitrogens is 1. The number of aliphatic hydroxyl groups is 1. The Balaban J connectivity index is 2.13. The molecule has 0 bridgehead atoms. The molecule has 0 atom stereocenters. The van der Waals surface area contributed by atoms with E-state index in [0.717, 1.165) is 0 Å². The second-order valence-electron chi connectivity index (χ2n) is 3.86. The minimum Gasteiger partial charge on any atom is -0.384 e. The SMILES string of the molecule is O=C(Nc1cc(C#CCO)ccn1)c1ccc([N+](=O)[O-])[nH]1. The number of aromatic amines is 1. The highest BCUT2D eigenvalue weighted by molar-refractivity contribution is 6.02. The summed E-state index contributed by atoms with van der Waals surface area (Å²) in [6, 6.07) is 5.66. The Labute approximate surface area is 119 Å². The van der Waals surface area contributed by atoms with Crippen LogP contribution in [-0.2, 0) is 0 Å². The number of aromatic nitrogens is 2. The van der Waals surface area contributed by atoms with Gasteiger partial charge >= 0.3 is 5.82 Å². The summed E-state index contributed by atoms with van der Waals surface area (Å²) in [4.78, 5) is 28.1. The fourth-order valence-electron chi connectivity index (χ4n) is 1.52. The standard InChI is InChI=1S/C13H10N4O4/c18-7-1-2-9-5-6-14-11(8-9)16-13(19)10-3-4-12(15-10)17(20)21/h3-6,8,15,18H,7H2,(H,14,16,19). The first-order valence-electron chi connectivity index (χ1n) is 5.80. The van der Waals surface area contributed by atoms with Crippen molar-refractivity contribution in [3.8, 4) is 11.8 Å². The molecule has 0 aliphatic heterocycles. The van der Waals surface area contributed by atoms with Crippen molar-refractivity contribution >= 4 is 17.5 Å². The second kappa shape index (κ2) is 6.31. The van der Waals surface area contributed by atoms with Gasteiger partial charge in [-0.3, -0.25) is 4.79 Å². The second-order valence-corrected chi connectivity index (χ2v) is 3.86. The molecule has 3 N–H and O–H groups in total. The summed E-state index contributed by atoms with van der Waals surface area (Å²) in [6.45, 7) is -0.268. The molecular formula is C13H10N4O4. The van der Waals surface area contributed by atoms with E-state index >= 15 is 0 Å². The van der Waals surface area contributed by atoms with Gasteiger partial charge in [-0.2, -0.15) is 0 Å². The van der Waals surface area contributed by atoms with Crippen LogP contribution in [0.4, 0.5) is 11.6 Å². The number of nitrogens with one attached hydrogen (secondary N) is 2. The Bertz CT molecular complexity index is 742. The first-order valence-corrected chi connectivity index (χ1v) is 5.80. The summed E-state index contributed by atoms with van der Waals surface area (Å²) in [6.07, 6.45) is 1.45. The van der Waals surface area contributed by atoms with Gasteiger partial charge < -0.3 is 20.5 Å². The van der Waals surface area contributed by atoms with Gasteiger partial charge in [-0.15, -0.1) is 0 Å². The Morgan fingerprint density at radius 3 is 2.95 bits per heavy atom. The first-order chi connectivity index (χ1) is 10.1. The number of nitro groups is 1. The van der Waals surface area contributed by atoms with Crippen LogP contribution in [0.1, 0.15) is 16.1 Å². The van der Waals surface area contributed by atoms with Crippen LogP contribution >= 0.6 is 0 Å². The van der Waals surface area contributed by atoms with Gasteiger partial charge in [0.1, 0.15) is 12.4 Å².